The van der Waals surface area contributed by atoms with Gasteiger partial charge in [0.15, 0.2) is 11.5 Å². The lowest BCUT2D eigenvalue weighted by Gasteiger charge is -2.33. The topological polar surface area (TPSA) is 136 Å². The minimum Gasteiger partial charge on any atom is -0.493 e. The first kappa shape index (κ1) is 24.7. The average molecular weight is 472 g/mol. The quantitative estimate of drug-likeness (QED) is 0.418. The van der Waals surface area contributed by atoms with Crippen LogP contribution in [0.25, 0.3) is 0 Å². The monoisotopic (exact) mass is 471 g/mol. The molecule has 2 amide bonds. The van der Waals surface area contributed by atoms with Gasteiger partial charge in [-0.15, -0.1) is 0 Å². The molecule has 1 aliphatic heterocycles. The van der Waals surface area contributed by atoms with E-state index in [2.05, 4.69) is 15.6 Å². The summed E-state index contributed by atoms with van der Waals surface area (Å²) in [5.41, 5.74) is 0.691. The normalized spacial score (nSPS) is 14.7. The minimum atomic E-state index is -0.798. The number of para-hydroxylation sites is 1. The molecule has 1 aromatic heterocycles. The maximum atomic E-state index is 13.1. The van der Waals surface area contributed by atoms with Crippen molar-refractivity contribution in [3.8, 4) is 11.5 Å². The number of anilines is 1. The van der Waals surface area contributed by atoms with Gasteiger partial charge >= 0.3 is 5.69 Å². The number of nitro groups is 1. The third-order valence-electron chi connectivity index (χ3n) is 5.71. The fourth-order valence-corrected chi connectivity index (χ4v) is 4.10. The Kier molecular flexibility index (Phi) is 8.23. The lowest BCUT2D eigenvalue weighted by atomic mass is 10.0. The molecule has 0 unspecified atom stereocenters. The smallest absolute Gasteiger partial charge is 0.311 e. The number of rotatable bonds is 9. The van der Waals surface area contributed by atoms with Crippen LogP contribution in [0.1, 0.15) is 25.3 Å². The molecule has 11 heteroatoms. The van der Waals surface area contributed by atoms with Crippen molar-refractivity contribution in [3.63, 3.8) is 0 Å². The summed E-state index contributed by atoms with van der Waals surface area (Å²) in [4.78, 5) is 41.8. The Morgan fingerprint density at radius 1 is 1.21 bits per heavy atom. The van der Waals surface area contributed by atoms with E-state index in [-0.39, 0.29) is 30.0 Å². The molecule has 0 spiro atoms. The van der Waals surface area contributed by atoms with Gasteiger partial charge in [0.2, 0.25) is 17.6 Å². The van der Waals surface area contributed by atoms with Crippen LogP contribution < -0.4 is 25.0 Å². The highest BCUT2D eigenvalue weighted by atomic mass is 16.6. The van der Waals surface area contributed by atoms with Crippen LogP contribution in [0.5, 0.6) is 11.5 Å². The molecule has 11 nitrogen and oxygen atoms in total. The first-order chi connectivity index (χ1) is 16.3. The largest absolute Gasteiger partial charge is 0.493 e. The zero-order valence-electron chi connectivity index (χ0n) is 19.4. The average Bonchev–Trinajstić information content (AvgIpc) is 2.83. The molecule has 2 N–H and O–H groups in total. The number of aromatic nitrogens is 1. The molecule has 1 saturated heterocycles. The van der Waals surface area contributed by atoms with E-state index in [4.69, 9.17) is 9.47 Å². The van der Waals surface area contributed by atoms with E-state index in [0.717, 1.165) is 5.56 Å². The van der Waals surface area contributed by atoms with Crippen molar-refractivity contribution in [1.29, 1.82) is 0 Å². The molecule has 1 aliphatic rings. The molecule has 3 rings (SSSR count). The van der Waals surface area contributed by atoms with Crippen LogP contribution >= 0.6 is 0 Å². The van der Waals surface area contributed by atoms with E-state index in [9.17, 15) is 19.7 Å². The number of methoxy groups -OCH3 is 2. The summed E-state index contributed by atoms with van der Waals surface area (Å²) in [5.74, 6) is 0.761. The fraction of sp³-hybridized carbons (Fsp3) is 0.435. The Labute approximate surface area is 197 Å². The van der Waals surface area contributed by atoms with Gasteiger partial charge in [-0.1, -0.05) is 12.1 Å². The van der Waals surface area contributed by atoms with Crippen LogP contribution in [-0.4, -0.2) is 61.1 Å². The van der Waals surface area contributed by atoms with Crippen LogP contribution in [-0.2, 0) is 16.0 Å². The summed E-state index contributed by atoms with van der Waals surface area (Å²) in [7, 11) is 3.06. The van der Waals surface area contributed by atoms with E-state index >= 15 is 0 Å². The van der Waals surface area contributed by atoms with Crippen LogP contribution in [0.4, 0.5) is 11.5 Å². The predicted octanol–water partition coefficient (Wildman–Crippen LogP) is 1.84. The summed E-state index contributed by atoms with van der Waals surface area (Å²) < 4.78 is 10.8. The Bertz CT molecular complexity index is 1040. The Balaban J connectivity index is 1.66. The molecular formula is C23H29N5O6. The van der Waals surface area contributed by atoms with Crippen molar-refractivity contribution in [1.82, 2.24) is 15.6 Å². The van der Waals surface area contributed by atoms with Gasteiger partial charge in [-0.25, -0.2) is 4.98 Å². The number of ether oxygens (including phenoxy) is 2. The molecule has 34 heavy (non-hydrogen) atoms. The minimum absolute atomic E-state index is 0.0389. The first-order valence-corrected chi connectivity index (χ1v) is 11.0. The van der Waals surface area contributed by atoms with Gasteiger partial charge in [-0.05, 0) is 25.0 Å². The Morgan fingerprint density at radius 3 is 2.56 bits per heavy atom. The van der Waals surface area contributed by atoms with Crippen LogP contribution in [0.2, 0.25) is 0 Å². The van der Waals surface area contributed by atoms with Crippen molar-refractivity contribution in [2.24, 2.45) is 0 Å². The lowest BCUT2D eigenvalue weighted by molar-refractivity contribution is -0.384. The summed E-state index contributed by atoms with van der Waals surface area (Å²) in [6.45, 7) is 2.38. The highest BCUT2D eigenvalue weighted by Gasteiger charge is 2.29. The number of benzene rings is 1. The van der Waals surface area contributed by atoms with Crippen LogP contribution in [0.15, 0.2) is 36.5 Å². The van der Waals surface area contributed by atoms with Gasteiger partial charge in [0.1, 0.15) is 6.04 Å². The van der Waals surface area contributed by atoms with Gasteiger partial charge < -0.3 is 25.0 Å². The molecule has 1 atom stereocenters. The molecule has 2 heterocycles. The van der Waals surface area contributed by atoms with Crippen LogP contribution in [0.3, 0.4) is 0 Å². The fourth-order valence-electron chi connectivity index (χ4n) is 4.10. The number of hydrogen-bond donors (Lipinski definition) is 2. The molecule has 2 aromatic rings. The molecule has 0 radical (unpaired) electrons. The maximum absolute atomic E-state index is 13.1. The third-order valence-corrected chi connectivity index (χ3v) is 5.71. The van der Waals surface area contributed by atoms with Gasteiger partial charge in [0.05, 0.1) is 19.1 Å². The second-order valence-corrected chi connectivity index (χ2v) is 7.98. The van der Waals surface area contributed by atoms with E-state index in [1.165, 1.54) is 39.5 Å². The van der Waals surface area contributed by atoms with Crippen molar-refractivity contribution < 1.29 is 24.0 Å². The van der Waals surface area contributed by atoms with E-state index in [1.54, 1.807) is 12.1 Å². The van der Waals surface area contributed by atoms with Crippen molar-refractivity contribution in [2.75, 3.05) is 32.2 Å². The number of nitrogens with zero attached hydrogens (tertiary/aromatic N) is 3. The molecule has 1 fully saturated rings. The molecule has 0 saturated carbocycles. The number of pyridine rings is 1. The third kappa shape index (κ3) is 5.91. The second kappa shape index (κ2) is 11.3. The molecule has 182 valence electrons. The van der Waals surface area contributed by atoms with E-state index in [1.807, 2.05) is 11.0 Å². The standard InChI is InChI=1S/C23H29N5O6/c1-15(29)25-18(14-16-6-4-8-20(33-2)21(16)34-3)23(30)26-17-9-12-27(13-10-17)22-19(28(31)32)7-5-11-24-22/h4-8,11,17-18H,9-10,12-14H2,1-3H3,(H,25,29)(H,26,30)/t18-/m1/s1. The molecular weight excluding hydrogens is 442 g/mol. The highest BCUT2D eigenvalue weighted by Crippen LogP contribution is 2.31. The van der Waals surface area contributed by atoms with Gasteiger partial charge in [0, 0.05) is 50.3 Å². The number of amides is 2. The Morgan fingerprint density at radius 2 is 1.94 bits per heavy atom. The van der Waals surface area contributed by atoms with Crippen molar-refractivity contribution in [3.05, 3.63) is 52.2 Å². The zero-order valence-corrected chi connectivity index (χ0v) is 19.4. The molecule has 0 aliphatic carbocycles. The molecule has 1 aromatic carbocycles. The van der Waals surface area contributed by atoms with Crippen LogP contribution in [0, 0.1) is 10.1 Å². The van der Waals surface area contributed by atoms with Gasteiger partial charge in [-0.2, -0.15) is 0 Å². The van der Waals surface area contributed by atoms with E-state index < -0.39 is 11.0 Å². The van der Waals surface area contributed by atoms with Gasteiger partial charge in [-0.3, -0.25) is 19.7 Å². The number of carbonyl (C=O) groups is 2. The predicted molar refractivity (Wildman–Crippen MR) is 125 cm³/mol. The highest BCUT2D eigenvalue weighted by molar-refractivity contribution is 5.87. The lowest BCUT2D eigenvalue weighted by Crippen LogP contribution is -2.52. The summed E-state index contributed by atoms with van der Waals surface area (Å²) >= 11 is 0. The SMILES string of the molecule is COc1cccc(C[C@@H](NC(C)=O)C(=O)NC2CCN(c3ncccc3[N+](=O)[O-])CC2)c1OC. The number of nitrogens with one attached hydrogen (secondary N) is 2. The summed E-state index contributed by atoms with van der Waals surface area (Å²) in [5, 5.41) is 17.0. The maximum Gasteiger partial charge on any atom is 0.311 e. The second-order valence-electron chi connectivity index (χ2n) is 7.98. The number of carbonyl (C=O) groups excluding carboxylic acids is 2. The number of hydrogen-bond acceptors (Lipinski definition) is 8. The van der Waals surface area contributed by atoms with E-state index in [0.29, 0.717) is 43.2 Å². The van der Waals surface area contributed by atoms with Gasteiger partial charge in [0.25, 0.3) is 0 Å². The summed E-state index contributed by atoms with van der Waals surface area (Å²) in [6, 6.07) is 7.42. The van der Waals surface area contributed by atoms with Crippen molar-refractivity contribution in [2.45, 2.75) is 38.3 Å². The first-order valence-electron chi connectivity index (χ1n) is 11.0. The Hall–Kier alpha value is -3.89. The number of piperidine rings is 1. The molecule has 0 bridgehead atoms. The summed E-state index contributed by atoms with van der Waals surface area (Å²) in [6.07, 6.45) is 2.94. The zero-order chi connectivity index (χ0) is 24.7. The van der Waals surface area contributed by atoms with Crippen molar-refractivity contribution >= 4 is 23.3 Å².